The number of primary amides is 1. The van der Waals surface area contributed by atoms with Gasteiger partial charge in [-0.05, 0) is 56.6 Å². The Kier molecular flexibility index (Phi) is 6.79. The van der Waals surface area contributed by atoms with E-state index in [0.717, 1.165) is 0 Å². The molecule has 1 amide bonds. The van der Waals surface area contributed by atoms with E-state index in [4.69, 9.17) is 5.73 Å². The number of ketones is 2. The number of hydrogen-bond acceptors (Lipinski definition) is 11. The molecule has 0 saturated heterocycles. The molecular weight excluding hydrogens is 530 g/mol. The number of fused-ring (bicyclic) bond motifs is 3. The summed E-state index contributed by atoms with van der Waals surface area (Å²) >= 11 is 0. The second-order valence-corrected chi connectivity index (χ2v) is 11.2. The smallest absolute Gasteiger partial charge is 0.255 e. The summed E-state index contributed by atoms with van der Waals surface area (Å²) in [7, 11) is 6.81. The van der Waals surface area contributed by atoms with Gasteiger partial charge in [0.2, 0.25) is 5.78 Å². The molecule has 41 heavy (non-hydrogen) atoms. The molecule has 0 saturated carbocycles. The highest BCUT2D eigenvalue weighted by Gasteiger charge is 2.63. The summed E-state index contributed by atoms with van der Waals surface area (Å²) in [6, 6.07) is 6.08. The first-order valence-corrected chi connectivity index (χ1v) is 13.1. The Bertz CT molecular complexity index is 1530. The first-order valence-electron chi connectivity index (χ1n) is 13.1. The number of phenolic OH excluding ortho intramolecular Hbond substituents is 1. The Balaban J connectivity index is 1.66. The van der Waals surface area contributed by atoms with E-state index in [9.17, 15) is 34.8 Å². The predicted molar refractivity (Wildman–Crippen MR) is 150 cm³/mol. The minimum Gasteiger partial charge on any atom is -0.510 e. The van der Waals surface area contributed by atoms with Crippen molar-refractivity contribution in [3.63, 3.8) is 0 Å². The number of carbonyl (C=O) groups is 3. The van der Waals surface area contributed by atoms with Gasteiger partial charge in [0.1, 0.15) is 28.7 Å². The number of aromatic hydroxyl groups is 1. The van der Waals surface area contributed by atoms with Gasteiger partial charge in [-0.15, -0.1) is 0 Å². The number of likely N-dealkylation sites (N-methyl/N-ethyl adjacent to an activating group) is 1. The van der Waals surface area contributed by atoms with Gasteiger partial charge < -0.3 is 36.4 Å². The van der Waals surface area contributed by atoms with Crippen LogP contribution in [0.15, 0.2) is 53.1 Å². The lowest BCUT2D eigenvalue weighted by Gasteiger charge is -2.50. The van der Waals surface area contributed by atoms with E-state index in [1.807, 2.05) is 19.0 Å². The van der Waals surface area contributed by atoms with Crippen molar-refractivity contribution in [3.05, 3.63) is 69.8 Å². The lowest BCUT2D eigenvalue weighted by atomic mass is 9.58. The maximum atomic E-state index is 14.1. The van der Waals surface area contributed by atoms with Gasteiger partial charge in [-0.3, -0.25) is 19.3 Å². The highest BCUT2D eigenvalue weighted by molar-refractivity contribution is 6.25. The molecule has 4 atom stereocenters. The maximum absolute atomic E-state index is 14.1. The summed E-state index contributed by atoms with van der Waals surface area (Å²) in [6.45, 7) is 0.139. The van der Waals surface area contributed by atoms with E-state index < -0.39 is 58.0 Å². The van der Waals surface area contributed by atoms with Crippen molar-refractivity contribution in [2.24, 2.45) is 17.6 Å². The molecule has 3 aliphatic carbocycles. The van der Waals surface area contributed by atoms with E-state index in [2.05, 4.69) is 10.3 Å². The summed E-state index contributed by atoms with van der Waals surface area (Å²) in [5.74, 6) is -6.18. The van der Waals surface area contributed by atoms with Crippen LogP contribution in [-0.4, -0.2) is 87.6 Å². The second-order valence-electron chi connectivity index (χ2n) is 11.2. The Morgan fingerprint density at radius 3 is 2.46 bits per heavy atom. The summed E-state index contributed by atoms with van der Waals surface area (Å²) in [4.78, 5) is 47.3. The molecule has 0 unspecified atom stereocenters. The average molecular weight is 564 g/mol. The number of nitrogens with zero attached hydrogens (tertiary/aromatic N) is 3. The molecule has 1 aromatic carbocycles. The van der Waals surface area contributed by atoms with E-state index in [1.54, 1.807) is 44.6 Å². The number of anilines is 2. The van der Waals surface area contributed by atoms with Crippen LogP contribution in [0.2, 0.25) is 0 Å². The van der Waals surface area contributed by atoms with E-state index >= 15 is 0 Å². The number of hydrogen-bond donors (Lipinski definition) is 6. The molecule has 0 spiro atoms. The molecule has 3 aliphatic rings. The quantitative estimate of drug-likeness (QED) is 0.277. The minimum absolute atomic E-state index is 0.0301. The third kappa shape index (κ3) is 4.13. The van der Waals surface area contributed by atoms with Crippen molar-refractivity contribution >= 4 is 29.0 Å². The summed E-state index contributed by atoms with van der Waals surface area (Å²) in [5.41, 5.74) is 3.31. The number of aliphatic hydroxyl groups excluding tert-OH is 2. The molecule has 1 heterocycles. The number of carbonyl (C=O) groups excluding carboxylic acids is 3. The number of nitrogens with one attached hydrogen (secondary N) is 1. The summed E-state index contributed by atoms with van der Waals surface area (Å²) in [5, 5.41) is 48.6. The van der Waals surface area contributed by atoms with Crippen LogP contribution in [0.3, 0.4) is 0 Å². The normalized spacial score (nSPS) is 25.6. The third-order valence-corrected chi connectivity index (χ3v) is 8.38. The predicted octanol–water partition coefficient (Wildman–Crippen LogP) is 1.19. The highest BCUT2D eigenvalue weighted by atomic mass is 16.3. The molecule has 5 rings (SSSR count). The fraction of sp³-hybridized carbons (Fsp3) is 0.379. The molecule has 2 aromatic rings. The van der Waals surface area contributed by atoms with Gasteiger partial charge in [0.15, 0.2) is 11.4 Å². The lowest BCUT2D eigenvalue weighted by molar-refractivity contribution is -0.148. The Hall–Kier alpha value is -4.42. The zero-order valence-corrected chi connectivity index (χ0v) is 23.2. The monoisotopic (exact) mass is 563 g/mol. The minimum atomic E-state index is -2.68. The topological polar surface area (TPSA) is 190 Å². The van der Waals surface area contributed by atoms with E-state index in [-0.39, 0.29) is 36.3 Å². The van der Waals surface area contributed by atoms with Gasteiger partial charge in [0, 0.05) is 49.6 Å². The number of aliphatic hydroxyl groups is 3. The van der Waals surface area contributed by atoms with Gasteiger partial charge in [0.25, 0.3) is 5.91 Å². The largest absolute Gasteiger partial charge is 0.510 e. The van der Waals surface area contributed by atoms with E-state index in [0.29, 0.717) is 22.6 Å². The third-order valence-electron chi connectivity index (χ3n) is 8.38. The van der Waals surface area contributed by atoms with Gasteiger partial charge in [-0.25, -0.2) is 4.98 Å². The number of phenols is 1. The summed E-state index contributed by atoms with van der Waals surface area (Å²) < 4.78 is 0. The Morgan fingerprint density at radius 1 is 1.17 bits per heavy atom. The van der Waals surface area contributed by atoms with Crippen LogP contribution >= 0.6 is 0 Å². The van der Waals surface area contributed by atoms with Crippen LogP contribution in [0.25, 0.3) is 0 Å². The number of benzene rings is 1. The number of allylic oxidation sites excluding steroid dienone is 1. The maximum Gasteiger partial charge on any atom is 0.255 e. The first-order chi connectivity index (χ1) is 19.3. The molecular formula is C29H33N5O7. The average Bonchev–Trinajstić information content (AvgIpc) is 2.90. The van der Waals surface area contributed by atoms with Gasteiger partial charge in [-0.2, -0.15) is 0 Å². The number of amides is 1. The van der Waals surface area contributed by atoms with Crippen molar-refractivity contribution in [1.29, 1.82) is 0 Å². The van der Waals surface area contributed by atoms with Crippen LogP contribution in [0.5, 0.6) is 5.75 Å². The molecule has 0 aliphatic heterocycles. The van der Waals surface area contributed by atoms with E-state index in [1.165, 1.54) is 4.90 Å². The number of pyridine rings is 1. The van der Waals surface area contributed by atoms with Crippen LogP contribution < -0.4 is 16.0 Å². The van der Waals surface area contributed by atoms with Crippen molar-refractivity contribution in [3.8, 4) is 5.75 Å². The molecule has 216 valence electrons. The zero-order valence-electron chi connectivity index (χ0n) is 23.2. The van der Waals surface area contributed by atoms with Crippen LogP contribution in [0, 0.1) is 11.8 Å². The fourth-order valence-electron chi connectivity index (χ4n) is 6.54. The van der Waals surface area contributed by atoms with Gasteiger partial charge in [0.05, 0.1) is 11.6 Å². The van der Waals surface area contributed by atoms with Crippen molar-refractivity contribution < 1.29 is 34.8 Å². The Labute approximate surface area is 236 Å². The van der Waals surface area contributed by atoms with Crippen LogP contribution in [0.1, 0.15) is 27.9 Å². The van der Waals surface area contributed by atoms with Crippen molar-refractivity contribution in [1.82, 2.24) is 9.88 Å². The molecule has 0 fully saturated rings. The molecule has 7 N–H and O–H groups in total. The molecule has 12 heteroatoms. The Morgan fingerprint density at radius 2 is 1.88 bits per heavy atom. The number of Topliss-reactive ketones (excluding diaryl/α,β-unsaturated/α-hetero) is 2. The van der Waals surface area contributed by atoms with Crippen LogP contribution in [0.4, 0.5) is 11.5 Å². The molecule has 1 aromatic heterocycles. The standard InChI is InChI=1S/C29H33N5O7/c1-33(2)17-11-14(12-32-18-7-5-6-8-31-18)23(35)20-15(17)9-13-10-16-22(34(3)4)25(37)21(28(30)40)27(39)29(16,41)26(38)19(13)24(20)36/h5-8,11,13,16,22,35,37-38,41H,9-10,12H2,1-4H3,(H2,30,40)(H,31,32)/t13-,16-,22+,29-/m0/s1. The summed E-state index contributed by atoms with van der Waals surface area (Å²) in [6.07, 6.45) is 1.86. The number of nitrogens with two attached hydrogens (primary N) is 1. The highest BCUT2D eigenvalue weighted by Crippen LogP contribution is 2.53. The lowest BCUT2D eigenvalue weighted by Crippen LogP contribution is -2.63. The second kappa shape index (κ2) is 9.89. The molecule has 12 nitrogen and oxygen atoms in total. The molecule has 0 radical (unpaired) electrons. The number of rotatable bonds is 6. The molecule has 0 bridgehead atoms. The van der Waals surface area contributed by atoms with Crippen molar-refractivity contribution in [2.75, 3.05) is 38.4 Å². The van der Waals surface area contributed by atoms with Gasteiger partial charge in [-0.1, -0.05) is 6.07 Å². The van der Waals surface area contributed by atoms with Crippen LogP contribution in [-0.2, 0) is 22.6 Å². The zero-order chi connectivity index (χ0) is 30.0. The first kappa shape index (κ1) is 28.1. The number of aromatic nitrogens is 1. The van der Waals surface area contributed by atoms with Crippen molar-refractivity contribution in [2.45, 2.75) is 31.0 Å². The SMILES string of the molecule is CN(C)c1cc(CNc2ccccn2)c(O)c2c1C[C@H]1C[C@H]3[C@@H](N(C)C)C(O)=C(C(N)=O)C(=O)[C@@]3(O)C(O)=C1C2=O. The fourth-order valence-corrected chi connectivity index (χ4v) is 6.54. The van der Waals surface area contributed by atoms with Gasteiger partial charge >= 0.3 is 0 Å².